The van der Waals surface area contributed by atoms with Crippen molar-refractivity contribution in [1.29, 1.82) is 0 Å². The van der Waals surface area contributed by atoms with Crippen LogP contribution in [0.3, 0.4) is 0 Å². The summed E-state index contributed by atoms with van der Waals surface area (Å²) < 4.78 is 17.2. The van der Waals surface area contributed by atoms with Gasteiger partial charge in [-0.05, 0) is 75.5 Å². The molecule has 0 N–H and O–H groups in total. The molecule has 0 spiro atoms. The van der Waals surface area contributed by atoms with Crippen molar-refractivity contribution < 1.29 is 13.9 Å². The van der Waals surface area contributed by atoms with Gasteiger partial charge >= 0.3 is 0 Å². The first kappa shape index (κ1) is 22.1. The second kappa shape index (κ2) is 10.5. The van der Waals surface area contributed by atoms with Gasteiger partial charge in [0.2, 0.25) is 5.89 Å². The molecule has 0 amide bonds. The van der Waals surface area contributed by atoms with Gasteiger partial charge < -0.3 is 23.7 Å². The Morgan fingerprint density at radius 2 is 1.72 bits per heavy atom. The predicted molar refractivity (Wildman–Crippen MR) is 125 cm³/mol. The van der Waals surface area contributed by atoms with Gasteiger partial charge in [0.15, 0.2) is 6.61 Å². The molecule has 0 aliphatic carbocycles. The summed E-state index contributed by atoms with van der Waals surface area (Å²) in [7, 11) is 4.29. The number of unbranched alkanes of at least 4 members (excludes halogenated alkanes) is 1. The molecule has 1 atom stereocenters. The molecule has 1 aromatic heterocycles. The fourth-order valence-electron chi connectivity index (χ4n) is 3.75. The Balaban J connectivity index is 1.30. The monoisotopic (exact) mass is 436 g/mol. The average molecular weight is 437 g/mol. The van der Waals surface area contributed by atoms with E-state index in [9.17, 15) is 0 Å². The van der Waals surface area contributed by atoms with Crippen LogP contribution in [0.2, 0.25) is 0 Å². The number of rotatable bonds is 10. The fraction of sp³-hybridized carbons (Fsp3) is 0.440. The van der Waals surface area contributed by atoms with E-state index in [-0.39, 0.29) is 6.61 Å². The molecule has 1 unspecified atom stereocenters. The van der Waals surface area contributed by atoms with Gasteiger partial charge in [-0.25, -0.2) is 0 Å². The lowest BCUT2D eigenvalue weighted by molar-refractivity contribution is 0.263. The normalized spacial score (nSPS) is 16.0. The maximum Gasteiger partial charge on any atom is 0.254 e. The fourth-order valence-corrected chi connectivity index (χ4v) is 3.75. The van der Waals surface area contributed by atoms with Crippen molar-refractivity contribution in [3.05, 3.63) is 54.4 Å². The zero-order chi connectivity index (χ0) is 22.3. The molecule has 7 heteroatoms. The summed E-state index contributed by atoms with van der Waals surface area (Å²) in [5.41, 5.74) is 2.13. The van der Waals surface area contributed by atoms with Crippen LogP contribution >= 0.6 is 0 Å². The summed E-state index contributed by atoms with van der Waals surface area (Å²) >= 11 is 0. The Morgan fingerprint density at radius 1 is 1.00 bits per heavy atom. The minimum absolute atomic E-state index is 0.223. The highest BCUT2D eigenvalue weighted by Crippen LogP contribution is 2.26. The summed E-state index contributed by atoms with van der Waals surface area (Å²) in [6.45, 7) is 5.24. The van der Waals surface area contributed by atoms with Crippen molar-refractivity contribution in [3.63, 3.8) is 0 Å². The van der Waals surface area contributed by atoms with E-state index in [1.165, 1.54) is 12.1 Å². The Morgan fingerprint density at radius 3 is 2.38 bits per heavy atom. The predicted octanol–water partition coefficient (Wildman–Crippen LogP) is 4.63. The molecule has 3 aromatic rings. The number of likely N-dealkylation sites (N-methyl/N-ethyl adjacent to an activating group) is 1. The number of hydrogen-bond donors (Lipinski definition) is 0. The van der Waals surface area contributed by atoms with Crippen LogP contribution in [-0.2, 0) is 6.61 Å². The minimum atomic E-state index is 0.223. The van der Waals surface area contributed by atoms with Crippen molar-refractivity contribution >= 4 is 5.69 Å². The molecule has 2 heterocycles. The van der Waals surface area contributed by atoms with Crippen LogP contribution in [0.4, 0.5) is 5.69 Å². The van der Waals surface area contributed by atoms with Gasteiger partial charge in [-0.3, -0.25) is 0 Å². The lowest BCUT2D eigenvalue weighted by atomic mass is 10.2. The van der Waals surface area contributed by atoms with E-state index in [1.807, 2.05) is 36.4 Å². The first-order valence-corrected chi connectivity index (χ1v) is 11.3. The van der Waals surface area contributed by atoms with E-state index >= 15 is 0 Å². The molecule has 170 valence electrons. The number of ether oxygens (including phenoxy) is 2. The van der Waals surface area contributed by atoms with E-state index in [0.29, 0.717) is 17.8 Å². The van der Waals surface area contributed by atoms with Crippen molar-refractivity contribution in [2.75, 3.05) is 38.7 Å². The molecule has 1 saturated heterocycles. The first-order chi connectivity index (χ1) is 15.6. The van der Waals surface area contributed by atoms with Crippen molar-refractivity contribution in [3.8, 4) is 23.0 Å². The molecule has 0 radical (unpaired) electrons. The number of hydrogen-bond acceptors (Lipinski definition) is 7. The second-order valence-corrected chi connectivity index (χ2v) is 8.36. The van der Waals surface area contributed by atoms with Gasteiger partial charge in [-0.1, -0.05) is 13.3 Å². The van der Waals surface area contributed by atoms with Crippen molar-refractivity contribution in [2.24, 2.45) is 0 Å². The van der Waals surface area contributed by atoms with Gasteiger partial charge in [0.05, 0.1) is 6.61 Å². The highest BCUT2D eigenvalue weighted by Gasteiger charge is 2.24. The molecular formula is C25H32N4O3. The van der Waals surface area contributed by atoms with Crippen LogP contribution in [0.25, 0.3) is 11.5 Å². The zero-order valence-corrected chi connectivity index (χ0v) is 19.2. The smallest absolute Gasteiger partial charge is 0.254 e. The quantitative estimate of drug-likeness (QED) is 0.429. The Kier molecular flexibility index (Phi) is 7.27. The summed E-state index contributed by atoms with van der Waals surface area (Å²) in [6, 6.07) is 16.5. The zero-order valence-electron chi connectivity index (χ0n) is 19.2. The van der Waals surface area contributed by atoms with E-state index in [2.05, 4.69) is 53.1 Å². The highest BCUT2D eigenvalue weighted by molar-refractivity contribution is 5.59. The highest BCUT2D eigenvalue weighted by atomic mass is 16.5. The third-order valence-corrected chi connectivity index (χ3v) is 5.79. The SMILES string of the molecule is CCCCOc1ccc(OCc2nnc(-c3ccc(N4CCC(N(C)C)C4)cc3)o2)cc1. The Bertz CT molecular complexity index is 970. The average Bonchev–Trinajstić information content (AvgIpc) is 3.49. The number of nitrogens with zero attached hydrogens (tertiary/aromatic N) is 4. The van der Waals surface area contributed by atoms with Crippen LogP contribution in [0.5, 0.6) is 11.5 Å². The number of aromatic nitrogens is 2. The minimum Gasteiger partial charge on any atom is -0.494 e. The standard InChI is InChI=1S/C25H32N4O3/c1-4-5-16-30-22-10-12-23(13-11-22)31-18-24-26-27-25(32-24)19-6-8-20(9-7-19)29-15-14-21(17-29)28(2)3/h6-13,21H,4-5,14-18H2,1-3H3. The number of anilines is 1. The van der Waals surface area contributed by atoms with Gasteiger partial charge in [0.1, 0.15) is 11.5 Å². The largest absolute Gasteiger partial charge is 0.494 e. The summed E-state index contributed by atoms with van der Waals surface area (Å²) in [5, 5.41) is 8.30. The second-order valence-electron chi connectivity index (χ2n) is 8.36. The maximum atomic E-state index is 5.80. The third-order valence-electron chi connectivity index (χ3n) is 5.79. The van der Waals surface area contributed by atoms with E-state index in [1.54, 1.807) is 0 Å². The van der Waals surface area contributed by atoms with Gasteiger partial charge in [-0.15, -0.1) is 10.2 Å². The Hall–Kier alpha value is -3.06. The molecule has 4 rings (SSSR count). The van der Waals surface area contributed by atoms with Crippen molar-refractivity contribution in [1.82, 2.24) is 15.1 Å². The molecule has 1 fully saturated rings. The molecule has 0 saturated carbocycles. The van der Waals surface area contributed by atoms with Gasteiger partial charge in [0.25, 0.3) is 5.89 Å². The van der Waals surface area contributed by atoms with Crippen LogP contribution in [-0.4, -0.2) is 54.9 Å². The van der Waals surface area contributed by atoms with E-state index in [0.717, 1.165) is 49.6 Å². The molecule has 1 aliphatic heterocycles. The van der Waals surface area contributed by atoms with Crippen LogP contribution in [0.15, 0.2) is 52.9 Å². The number of benzene rings is 2. The van der Waals surface area contributed by atoms with E-state index in [4.69, 9.17) is 13.9 Å². The lowest BCUT2D eigenvalue weighted by Crippen LogP contribution is -2.31. The van der Waals surface area contributed by atoms with Gasteiger partial charge in [0, 0.05) is 30.4 Å². The van der Waals surface area contributed by atoms with Crippen LogP contribution in [0.1, 0.15) is 32.1 Å². The summed E-state index contributed by atoms with van der Waals surface area (Å²) in [6.07, 6.45) is 3.36. The topological polar surface area (TPSA) is 63.9 Å². The van der Waals surface area contributed by atoms with Gasteiger partial charge in [-0.2, -0.15) is 0 Å². The molecule has 2 aromatic carbocycles. The molecule has 32 heavy (non-hydrogen) atoms. The Labute approximate surface area is 190 Å². The van der Waals surface area contributed by atoms with Crippen LogP contribution < -0.4 is 14.4 Å². The maximum absolute atomic E-state index is 5.80. The lowest BCUT2D eigenvalue weighted by Gasteiger charge is -2.21. The van der Waals surface area contributed by atoms with Crippen molar-refractivity contribution in [2.45, 2.75) is 38.8 Å². The first-order valence-electron chi connectivity index (χ1n) is 11.3. The molecule has 0 bridgehead atoms. The molecular weight excluding hydrogens is 404 g/mol. The summed E-state index contributed by atoms with van der Waals surface area (Å²) in [5.74, 6) is 2.53. The third kappa shape index (κ3) is 5.59. The van der Waals surface area contributed by atoms with E-state index < -0.39 is 0 Å². The molecule has 1 aliphatic rings. The van der Waals surface area contributed by atoms with Crippen LogP contribution in [0, 0.1) is 0 Å². The summed E-state index contributed by atoms with van der Waals surface area (Å²) in [4.78, 5) is 4.72. The molecule has 7 nitrogen and oxygen atoms in total.